The van der Waals surface area contributed by atoms with Gasteiger partial charge in [0, 0.05) is 13.0 Å². The van der Waals surface area contributed by atoms with Crippen LogP contribution in [0.4, 0.5) is 0 Å². The number of hydrogen-bond acceptors (Lipinski definition) is 4. The van der Waals surface area contributed by atoms with E-state index < -0.39 is 0 Å². The molecule has 0 bridgehead atoms. The standard InChI is InChI=1S/C10H17N3O2/c1-4-8-12-10(15-13-8)9(14)11-6-5-7(2)3/h7H,4-6H2,1-3H3,(H,11,14). The predicted octanol–water partition coefficient (Wildman–Crippen LogP) is 1.41. The van der Waals surface area contributed by atoms with Crippen LogP contribution >= 0.6 is 0 Å². The SMILES string of the molecule is CCc1noc(C(=O)NCCC(C)C)n1. The molecule has 0 atom stereocenters. The van der Waals surface area contributed by atoms with Crippen LogP contribution in [-0.4, -0.2) is 22.6 Å². The van der Waals surface area contributed by atoms with Crippen molar-refractivity contribution in [3.05, 3.63) is 11.7 Å². The summed E-state index contributed by atoms with van der Waals surface area (Å²) in [7, 11) is 0. The van der Waals surface area contributed by atoms with Gasteiger partial charge in [0.25, 0.3) is 0 Å². The van der Waals surface area contributed by atoms with Gasteiger partial charge in [-0.25, -0.2) is 0 Å². The highest BCUT2D eigenvalue weighted by Crippen LogP contribution is 1.99. The average Bonchev–Trinajstić information content (AvgIpc) is 2.65. The van der Waals surface area contributed by atoms with E-state index in [1.807, 2.05) is 6.92 Å². The minimum Gasteiger partial charge on any atom is -0.348 e. The molecule has 0 aromatic carbocycles. The van der Waals surface area contributed by atoms with Gasteiger partial charge in [0.2, 0.25) is 0 Å². The van der Waals surface area contributed by atoms with Gasteiger partial charge in [0.05, 0.1) is 0 Å². The Bertz CT molecular complexity index is 320. The second kappa shape index (κ2) is 5.48. The summed E-state index contributed by atoms with van der Waals surface area (Å²) in [5.74, 6) is 0.890. The maximum absolute atomic E-state index is 11.4. The van der Waals surface area contributed by atoms with Gasteiger partial charge in [0.1, 0.15) is 0 Å². The molecule has 0 fully saturated rings. The Morgan fingerprint density at radius 2 is 2.27 bits per heavy atom. The summed E-state index contributed by atoms with van der Waals surface area (Å²) in [6.45, 7) is 6.76. The Labute approximate surface area is 89.2 Å². The van der Waals surface area contributed by atoms with Crippen molar-refractivity contribution in [3.8, 4) is 0 Å². The fourth-order valence-electron chi connectivity index (χ4n) is 1.04. The van der Waals surface area contributed by atoms with Gasteiger partial charge in [-0.1, -0.05) is 25.9 Å². The van der Waals surface area contributed by atoms with Crippen LogP contribution in [-0.2, 0) is 6.42 Å². The highest BCUT2D eigenvalue weighted by Gasteiger charge is 2.13. The first-order valence-corrected chi connectivity index (χ1v) is 5.24. The van der Waals surface area contributed by atoms with Crippen LogP contribution in [0.25, 0.3) is 0 Å². The molecule has 0 saturated carbocycles. The van der Waals surface area contributed by atoms with Crippen LogP contribution in [0, 0.1) is 5.92 Å². The Morgan fingerprint density at radius 3 is 2.80 bits per heavy atom. The second-order valence-corrected chi connectivity index (χ2v) is 3.81. The maximum Gasteiger partial charge on any atom is 0.315 e. The van der Waals surface area contributed by atoms with Crippen molar-refractivity contribution >= 4 is 5.91 Å². The quantitative estimate of drug-likeness (QED) is 0.799. The molecule has 1 N–H and O–H groups in total. The zero-order chi connectivity index (χ0) is 11.3. The Balaban J connectivity index is 2.40. The fourth-order valence-corrected chi connectivity index (χ4v) is 1.04. The van der Waals surface area contributed by atoms with Gasteiger partial charge < -0.3 is 9.84 Å². The second-order valence-electron chi connectivity index (χ2n) is 3.81. The smallest absolute Gasteiger partial charge is 0.315 e. The first-order valence-electron chi connectivity index (χ1n) is 5.24. The van der Waals surface area contributed by atoms with E-state index in [9.17, 15) is 4.79 Å². The maximum atomic E-state index is 11.4. The monoisotopic (exact) mass is 211 g/mol. The number of aromatic nitrogens is 2. The van der Waals surface area contributed by atoms with E-state index in [4.69, 9.17) is 4.52 Å². The minimum atomic E-state index is -0.289. The van der Waals surface area contributed by atoms with Crippen LogP contribution in [0.1, 0.15) is 43.7 Å². The zero-order valence-electron chi connectivity index (χ0n) is 9.41. The van der Waals surface area contributed by atoms with E-state index in [2.05, 4.69) is 29.3 Å². The van der Waals surface area contributed by atoms with Gasteiger partial charge in [-0.15, -0.1) is 0 Å². The van der Waals surface area contributed by atoms with Crippen LogP contribution in [0.15, 0.2) is 4.52 Å². The molecule has 1 aromatic heterocycles. The largest absolute Gasteiger partial charge is 0.348 e. The minimum absolute atomic E-state index is 0.0515. The van der Waals surface area contributed by atoms with E-state index in [1.165, 1.54) is 0 Å². The zero-order valence-corrected chi connectivity index (χ0v) is 9.41. The van der Waals surface area contributed by atoms with Crippen molar-refractivity contribution in [2.24, 2.45) is 5.92 Å². The predicted molar refractivity (Wildman–Crippen MR) is 55.5 cm³/mol. The third-order valence-electron chi connectivity index (χ3n) is 1.99. The van der Waals surface area contributed by atoms with Gasteiger partial charge in [-0.2, -0.15) is 4.98 Å². The molecular formula is C10H17N3O2. The lowest BCUT2D eigenvalue weighted by Gasteiger charge is -2.04. The number of nitrogens with one attached hydrogen (secondary N) is 1. The van der Waals surface area contributed by atoms with Crippen molar-refractivity contribution in [1.82, 2.24) is 15.5 Å². The fraction of sp³-hybridized carbons (Fsp3) is 0.700. The molecule has 1 rings (SSSR count). The molecule has 0 aliphatic heterocycles. The average molecular weight is 211 g/mol. The summed E-state index contributed by atoms with van der Waals surface area (Å²) in [5.41, 5.74) is 0. The first-order chi connectivity index (χ1) is 7.13. The molecule has 0 saturated heterocycles. The summed E-state index contributed by atoms with van der Waals surface area (Å²) >= 11 is 0. The number of aryl methyl sites for hydroxylation is 1. The van der Waals surface area contributed by atoms with Crippen LogP contribution in [0.5, 0.6) is 0 Å². The van der Waals surface area contributed by atoms with E-state index in [1.54, 1.807) is 0 Å². The number of nitrogens with zero attached hydrogens (tertiary/aromatic N) is 2. The van der Waals surface area contributed by atoms with E-state index in [0.29, 0.717) is 24.7 Å². The normalized spacial score (nSPS) is 10.7. The molecule has 1 amide bonds. The molecule has 1 aromatic rings. The Morgan fingerprint density at radius 1 is 1.53 bits per heavy atom. The summed E-state index contributed by atoms with van der Waals surface area (Å²) < 4.78 is 4.80. The number of carbonyl (C=O) groups excluding carboxylic acids is 1. The number of carbonyl (C=O) groups is 1. The molecule has 0 spiro atoms. The third-order valence-corrected chi connectivity index (χ3v) is 1.99. The lowest BCUT2D eigenvalue weighted by Crippen LogP contribution is -2.25. The van der Waals surface area contributed by atoms with Gasteiger partial charge in [-0.3, -0.25) is 4.79 Å². The Hall–Kier alpha value is -1.39. The molecule has 5 nitrogen and oxygen atoms in total. The van der Waals surface area contributed by atoms with Crippen molar-refractivity contribution in [1.29, 1.82) is 0 Å². The first kappa shape index (κ1) is 11.7. The van der Waals surface area contributed by atoms with Crippen LogP contribution < -0.4 is 5.32 Å². The van der Waals surface area contributed by atoms with Gasteiger partial charge in [-0.05, 0) is 12.3 Å². The highest BCUT2D eigenvalue weighted by molar-refractivity contribution is 5.89. The molecule has 0 radical (unpaired) electrons. The van der Waals surface area contributed by atoms with Crippen molar-refractivity contribution in [2.45, 2.75) is 33.6 Å². The third kappa shape index (κ3) is 3.69. The summed E-state index contributed by atoms with van der Waals surface area (Å²) in [6.07, 6.45) is 1.61. The van der Waals surface area contributed by atoms with E-state index in [-0.39, 0.29) is 11.8 Å². The molecule has 1 heterocycles. The number of amides is 1. The lowest BCUT2D eigenvalue weighted by atomic mass is 10.1. The molecular weight excluding hydrogens is 194 g/mol. The van der Waals surface area contributed by atoms with Crippen molar-refractivity contribution in [2.75, 3.05) is 6.54 Å². The molecule has 0 aliphatic carbocycles. The number of hydrogen-bond donors (Lipinski definition) is 1. The Kier molecular flexibility index (Phi) is 4.27. The van der Waals surface area contributed by atoms with Crippen molar-refractivity contribution < 1.29 is 9.32 Å². The van der Waals surface area contributed by atoms with Crippen LogP contribution in [0.3, 0.4) is 0 Å². The summed E-state index contributed by atoms with van der Waals surface area (Å²) in [4.78, 5) is 15.4. The van der Waals surface area contributed by atoms with E-state index in [0.717, 1.165) is 6.42 Å². The van der Waals surface area contributed by atoms with E-state index >= 15 is 0 Å². The lowest BCUT2D eigenvalue weighted by molar-refractivity contribution is 0.0908. The molecule has 0 aliphatic rings. The summed E-state index contributed by atoms with van der Waals surface area (Å²) in [6, 6.07) is 0. The molecule has 15 heavy (non-hydrogen) atoms. The molecule has 84 valence electrons. The highest BCUT2D eigenvalue weighted by atomic mass is 16.5. The van der Waals surface area contributed by atoms with Crippen LogP contribution in [0.2, 0.25) is 0 Å². The topological polar surface area (TPSA) is 68.0 Å². The number of rotatable bonds is 5. The summed E-state index contributed by atoms with van der Waals surface area (Å²) in [5, 5.41) is 6.38. The van der Waals surface area contributed by atoms with Gasteiger partial charge in [0.15, 0.2) is 5.82 Å². The van der Waals surface area contributed by atoms with Crippen molar-refractivity contribution in [3.63, 3.8) is 0 Å². The van der Waals surface area contributed by atoms with Gasteiger partial charge >= 0.3 is 11.8 Å². The molecule has 0 unspecified atom stereocenters. The molecule has 5 heteroatoms.